The Hall–Kier alpha value is -1.60. The molecule has 6 rings (SSSR count). The number of hydrogen-bond acceptors (Lipinski definition) is 0. The highest BCUT2D eigenvalue weighted by Crippen LogP contribution is 2.90. The molecule has 4 aliphatic rings. The van der Waals surface area contributed by atoms with Crippen LogP contribution in [0.4, 0.5) is 0 Å². The maximum atomic E-state index is 2.56. The van der Waals surface area contributed by atoms with Gasteiger partial charge in [-0.05, 0) is 19.9 Å². The summed E-state index contributed by atoms with van der Waals surface area (Å²) < 4.78 is 1.33. The predicted octanol–water partition coefficient (Wildman–Crippen LogP) is 6.13. The molecule has 4 heterocycles. The van der Waals surface area contributed by atoms with Crippen molar-refractivity contribution in [2.75, 3.05) is 0 Å². The van der Waals surface area contributed by atoms with Crippen molar-refractivity contribution < 1.29 is 4.48 Å². The van der Waals surface area contributed by atoms with Crippen molar-refractivity contribution in [2.45, 2.75) is 83.5 Å². The third-order valence-electron chi connectivity index (χ3n) is 8.73. The lowest BCUT2D eigenvalue weighted by molar-refractivity contribution is -0.975. The van der Waals surface area contributed by atoms with Gasteiger partial charge in [0, 0.05) is 35.1 Å². The van der Waals surface area contributed by atoms with Crippen LogP contribution in [-0.2, 0) is 16.6 Å². The van der Waals surface area contributed by atoms with E-state index in [1.807, 2.05) is 13.8 Å². The highest BCUT2D eigenvalue weighted by Gasteiger charge is 3.03. The van der Waals surface area contributed by atoms with Gasteiger partial charge in [0.1, 0.15) is 5.54 Å². The van der Waals surface area contributed by atoms with Crippen LogP contribution in [0.25, 0.3) is 0 Å². The second-order valence-electron chi connectivity index (χ2n) is 8.77. The zero-order chi connectivity index (χ0) is 18.5. The minimum absolute atomic E-state index is 0.161. The van der Waals surface area contributed by atoms with E-state index in [9.17, 15) is 0 Å². The van der Waals surface area contributed by atoms with Crippen molar-refractivity contribution in [3.8, 4) is 0 Å². The van der Waals surface area contributed by atoms with E-state index in [0.717, 1.165) is 6.04 Å². The summed E-state index contributed by atoms with van der Waals surface area (Å²) in [5.74, 6) is 0. The predicted molar refractivity (Wildman–Crippen MR) is 108 cm³/mol. The van der Waals surface area contributed by atoms with Crippen LogP contribution in [-0.4, -0.2) is 10.5 Å². The molecule has 1 heteroatoms. The lowest BCUT2D eigenvalue weighted by Crippen LogP contribution is -2.61. The minimum atomic E-state index is 0.161. The molecule has 2 saturated heterocycles. The molecule has 136 valence electrons. The molecule has 2 aromatic rings. The molecule has 0 radical (unpaired) electrons. The molecular weight excluding hydrogens is 314 g/mol. The molecule has 2 fully saturated rings. The van der Waals surface area contributed by atoms with Gasteiger partial charge in [0.15, 0.2) is 17.1 Å². The number of aryl methyl sites for hydroxylation is 1. The van der Waals surface area contributed by atoms with E-state index in [4.69, 9.17) is 0 Å². The Labute approximate surface area is 158 Å². The van der Waals surface area contributed by atoms with Crippen LogP contribution < -0.4 is 0 Å². The van der Waals surface area contributed by atoms with Crippen molar-refractivity contribution in [3.05, 3.63) is 70.3 Å². The Morgan fingerprint density at radius 1 is 0.923 bits per heavy atom. The standard InChI is InChI=1S/C23H26N.C2H6/c1-5-22-14-20-23(6-2)19-13-15(3)11-12-17(19)21(4,24(20,22)23)16-9-7-8-10-18(16)22;1-2/h7-13,20H,5-6,14H2,1-4H3;1-2H3/q+1;/t20?,21?,22-,23-,24?;/m0./s1. The van der Waals surface area contributed by atoms with Crippen molar-refractivity contribution in [1.29, 1.82) is 0 Å². The molecule has 3 unspecified atom stereocenters. The highest BCUT2D eigenvalue weighted by atomic mass is 15.7. The maximum Gasteiger partial charge on any atom is 0.180 e. The van der Waals surface area contributed by atoms with Crippen molar-refractivity contribution in [2.24, 2.45) is 0 Å². The molecule has 0 bridgehead atoms. The van der Waals surface area contributed by atoms with Gasteiger partial charge in [-0.25, -0.2) is 0 Å². The Morgan fingerprint density at radius 3 is 2.23 bits per heavy atom. The van der Waals surface area contributed by atoms with Gasteiger partial charge < -0.3 is 0 Å². The van der Waals surface area contributed by atoms with Crippen molar-refractivity contribution >= 4 is 0 Å². The van der Waals surface area contributed by atoms with Crippen LogP contribution in [0.2, 0.25) is 0 Å². The smallest absolute Gasteiger partial charge is 0.180 e. The van der Waals surface area contributed by atoms with Gasteiger partial charge in [-0.3, -0.25) is 4.48 Å². The van der Waals surface area contributed by atoms with Crippen molar-refractivity contribution in [1.82, 2.24) is 0 Å². The minimum Gasteiger partial charge on any atom is -0.281 e. The Morgan fingerprint density at radius 2 is 1.58 bits per heavy atom. The first-order valence-electron chi connectivity index (χ1n) is 10.7. The molecule has 26 heavy (non-hydrogen) atoms. The second kappa shape index (κ2) is 4.62. The van der Waals surface area contributed by atoms with Gasteiger partial charge in [-0.1, -0.05) is 69.7 Å². The molecule has 0 aliphatic carbocycles. The molecule has 0 saturated carbocycles. The molecule has 1 spiro atoms. The number of nitrogens with zero attached hydrogens (tertiary/aromatic N) is 1. The second-order valence-corrected chi connectivity index (χ2v) is 8.77. The van der Waals surface area contributed by atoms with Crippen molar-refractivity contribution in [3.63, 3.8) is 0 Å². The first kappa shape index (κ1) is 16.6. The van der Waals surface area contributed by atoms with E-state index in [1.54, 1.807) is 22.3 Å². The van der Waals surface area contributed by atoms with E-state index in [2.05, 4.69) is 70.2 Å². The number of benzene rings is 2. The molecule has 4 aliphatic heterocycles. The number of hydrogen-bond donors (Lipinski definition) is 0. The van der Waals surface area contributed by atoms with E-state index in [-0.39, 0.29) is 5.54 Å². The Bertz CT molecular complexity index is 930. The molecule has 2 aromatic carbocycles. The van der Waals surface area contributed by atoms with E-state index in [0.29, 0.717) is 11.1 Å². The Kier molecular flexibility index (Phi) is 2.94. The third kappa shape index (κ3) is 1.15. The molecule has 0 amide bonds. The zero-order valence-corrected chi connectivity index (χ0v) is 17.2. The zero-order valence-electron chi connectivity index (χ0n) is 17.2. The Balaban J connectivity index is 0.000000727. The van der Waals surface area contributed by atoms with Crippen LogP contribution in [0.1, 0.15) is 81.7 Å². The average Bonchev–Trinajstić information content (AvgIpc) is 3.02. The largest absolute Gasteiger partial charge is 0.281 e. The monoisotopic (exact) mass is 346 g/mol. The summed E-state index contributed by atoms with van der Waals surface area (Å²) in [5.41, 5.74) is 8.90. The topological polar surface area (TPSA) is 0 Å². The van der Waals surface area contributed by atoms with Gasteiger partial charge in [0.05, 0.1) is 6.42 Å². The van der Waals surface area contributed by atoms with E-state index >= 15 is 0 Å². The quantitative estimate of drug-likeness (QED) is 0.453. The summed E-state index contributed by atoms with van der Waals surface area (Å²) in [6.45, 7) is 13.7. The van der Waals surface area contributed by atoms with E-state index in [1.165, 1.54) is 29.3 Å². The number of rotatable bonds is 2. The van der Waals surface area contributed by atoms with Gasteiger partial charge in [0.2, 0.25) is 0 Å². The van der Waals surface area contributed by atoms with Crippen LogP contribution in [0.5, 0.6) is 0 Å². The van der Waals surface area contributed by atoms with Gasteiger partial charge in [0.25, 0.3) is 0 Å². The summed E-state index contributed by atoms with van der Waals surface area (Å²) in [5, 5.41) is 0. The molecule has 0 N–H and O–H groups in total. The SMILES string of the molecule is CC.CC[C@]12CC3[C@]4(CC)c5cc(C)ccc5C(C)(c5ccccc51)[N+]324. The number of quaternary nitrogens is 1. The summed E-state index contributed by atoms with van der Waals surface area (Å²) in [6, 6.07) is 17.6. The molecule has 1 nitrogen and oxygen atoms in total. The average molecular weight is 347 g/mol. The first-order valence-corrected chi connectivity index (χ1v) is 10.7. The summed E-state index contributed by atoms with van der Waals surface area (Å²) in [6.07, 6.45) is 3.93. The summed E-state index contributed by atoms with van der Waals surface area (Å²) in [7, 11) is 0. The van der Waals surface area contributed by atoms with Gasteiger partial charge >= 0.3 is 0 Å². The van der Waals surface area contributed by atoms with Gasteiger partial charge in [-0.15, -0.1) is 0 Å². The fourth-order valence-electron chi connectivity index (χ4n) is 8.23. The van der Waals surface area contributed by atoms with Gasteiger partial charge in [-0.2, -0.15) is 0 Å². The lowest BCUT2D eigenvalue weighted by atomic mass is 9.76. The first-order chi connectivity index (χ1) is 12.6. The molecular formula is C25H32N+. The summed E-state index contributed by atoms with van der Waals surface area (Å²) in [4.78, 5) is 0. The lowest BCUT2D eigenvalue weighted by Gasteiger charge is -2.50. The van der Waals surface area contributed by atoms with Crippen LogP contribution in [0.3, 0.4) is 0 Å². The maximum absolute atomic E-state index is 2.56. The normalized spacial score (nSPS) is 41.8. The fraction of sp³-hybridized carbons (Fsp3) is 0.520. The molecule has 5 atom stereocenters. The fourth-order valence-corrected chi connectivity index (χ4v) is 8.23. The van der Waals surface area contributed by atoms with Crippen LogP contribution in [0, 0.1) is 6.92 Å². The number of fused-ring (bicyclic) bond motifs is 7. The van der Waals surface area contributed by atoms with E-state index < -0.39 is 0 Å². The van der Waals surface area contributed by atoms with Crippen LogP contribution >= 0.6 is 0 Å². The summed E-state index contributed by atoms with van der Waals surface area (Å²) >= 11 is 0. The highest BCUT2D eigenvalue weighted by molar-refractivity contribution is 5.62. The third-order valence-corrected chi connectivity index (χ3v) is 8.73. The van der Waals surface area contributed by atoms with Crippen LogP contribution in [0.15, 0.2) is 42.5 Å². The molecule has 0 aromatic heterocycles.